The Labute approximate surface area is 301 Å². The zero-order chi connectivity index (χ0) is 37.2. The topological polar surface area (TPSA) is 159 Å². The molecule has 2 amide bonds. The summed E-state index contributed by atoms with van der Waals surface area (Å²) in [6.07, 6.45) is 0.657. The summed E-state index contributed by atoms with van der Waals surface area (Å²) in [7, 11) is 3.05. The molecule has 2 aromatic heterocycles. The van der Waals surface area contributed by atoms with E-state index in [1.807, 2.05) is 24.3 Å². The van der Waals surface area contributed by atoms with Crippen molar-refractivity contribution in [1.29, 1.82) is 0 Å². The summed E-state index contributed by atoms with van der Waals surface area (Å²) >= 11 is 0. The maximum absolute atomic E-state index is 14.3. The average molecular weight is 714 g/mol. The van der Waals surface area contributed by atoms with Crippen molar-refractivity contribution in [3.63, 3.8) is 0 Å². The molecule has 4 heterocycles. The predicted octanol–water partition coefficient (Wildman–Crippen LogP) is 5.91. The van der Waals surface area contributed by atoms with Gasteiger partial charge in [0, 0.05) is 24.4 Å². The lowest BCUT2D eigenvalue weighted by atomic mass is 9.91. The van der Waals surface area contributed by atoms with Crippen molar-refractivity contribution < 1.29 is 38.1 Å². The number of nitrogens with zero attached hydrogens (tertiary/aromatic N) is 6. The maximum Gasteiger partial charge on any atom is 0.435 e. The average Bonchev–Trinajstić information content (AvgIpc) is 3.68. The minimum absolute atomic E-state index is 0.247. The molecule has 4 aromatic rings. The molecule has 1 spiro atoms. The lowest BCUT2D eigenvalue weighted by molar-refractivity contribution is -0.120. The Bertz CT molecular complexity index is 2080. The van der Waals surface area contributed by atoms with E-state index in [0.717, 1.165) is 10.5 Å². The molecule has 0 bridgehead atoms. The van der Waals surface area contributed by atoms with Gasteiger partial charge in [0.2, 0.25) is 5.91 Å². The molecule has 2 fully saturated rings. The predicted molar refractivity (Wildman–Crippen MR) is 192 cm³/mol. The van der Waals surface area contributed by atoms with Crippen molar-refractivity contribution in [3.05, 3.63) is 53.7 Å². The SMILES string of the molecule is COc1ccc2c(c1)[C@]1(C[C@H]1c1ccc3c(Nc4nc(N5CCOCC5)cnc4OC)nn(C(=O)OC(C)(C)C)c3c1)C(=O)N2C(=O)OC(C)(C)C. The van der Waals surface area contributed by atoms with Crippen LogP contribution in [0.4, 0.5) is 32.7 Å². The molecule has 274 valence electrons. The van der Waals surface area contributed by atoms with E-state index in [-0.39, 0.29) is 17.7 Å². The molecule has 1 saturated heterocycles. The number of benzene rings is 2. The Morgan fingerprint density at radius 3 is 2.31 bits per heavy atom. The zero-order valence-electron chi connectivity index (χ0n) is 30.6. The maximum atomic E-state index is 14.3. The van der Waals surface area contributed by atoms with Gasteiger partial charge >= 0.3 is 12.2 Å². The fourth-order valence-electron chi connectivity index (χ4n) is 6.85. The molecular formula is C37H43N7O8. The van der Waals surface area contributed by atoms with Crippen LogP contribution in [0.25, 0.3) is 10.9 Å². The number of rotatable bonds is 6. The van der Waals surface area contributed by atoms with E-state index in [9.17, 15) is 14.4 Å². The Balaban J connectivity index is 1.29. The van der Waals surface area contributed by atoms with Crippen molar-refractivity contribution in [2.75, 3.05) is 55.6 Å². The van der Waals surface area contributed by atoms with Gasteiger partial charge in [0.25, 0.3) is 5.88 Å². The van der Waals surface area contributed by atoms with Gasteiger partial charge in [-0.1, -0.05) is 6.07 Å². The van der Waals surface area contributed by atoms with Crippen LogP contribution in [0.2, 0.25) is 0 Å². The molecule has 7 rings (SSSR count). The lowest BCUT2D eigenvalue weighted by Gasteiger charge is -2.27. The normalized spacial score (nSPS) is 19.8. The Morgan fingerprint density at radius 1 is 0.923 bits per heavy atom. The molecule has 1 aliphatic carbocycles. The Morgan fingerprint density at radius 2 is 1.63 bits per heavy atom. The molecule has 15 nitrogen and oxygen atoms in total. The van der Waals surface area contributed by atoms with Crippen molar-refractivity contribution >= 4 is 52.1 Å². The first kappa shape index (κ1) is 35.0. The second kappa shape index (κ2) is 12.7. The number of amides is 2. The van der Waals surface area contributed by atoms with Crippen LogP contribution in [0.3, 0.4) is 0 Å². The number of morpholine rings is 1. The number of imide groups is 1. The summed E-state index contributed by atoms with van der Waals surface area (Å²) in [6, 6.07) is 10.8. The van der Waals surface area contributed by atoms with E-state index in [4.69, 9.17) is 28.7 Å². The highest BCUT2D eigenvalue weighted by molar-refractivity contribution is 6.23. The first-order chi connectivity index (χ1) is 24.6. The molecule has 52 heavy (non-hydrogen) atoms. The second-order valence-corrected chi connectivity index (χ2v) is 15.1. The number of nitrogens with one attached hydrogen (secondary N) is 1. The first-order valence-electron chi connectivity index (χ1n) is 17.2. The fourth-order valence-corrected chi connectivity index (χ4v) is 6.85. The van der Waals surface area contributed by atoms with E-state index in [1.165, 1.54) is 11.8 Å². The lowest BCUT2D eigenvalue weighted by Crippen LogP contribution is -2.41. The summed E-state index contributed by atoms with van der Waals surface area (Å²) in [5.74, 6) is 1.40. The number of carbonyl (C=O) groups excluding carboxylic acids is 3. The molecule has 3 aliphatic rings. The van der Waals surface area contributed by atoms with Crippen LogP contribution in [-0.4, -0.2) is 89.6 Å². The van der Waals surface area contributed by atoms with E-state index in [2.05, 4.69) is 20.3 Å². The van der Waals surface area contributed by atoms with Gasteiger partial charge in [-0.3, -0.25) is 4.79 Å². The van der Waals surface area contributed by atoms with Crippen LogP contribution in [0.1, 0.15) is 65.0 Å². The Kier molecular flexibility index (Phi) is 8.51. The summed E-state index contributed by atoms with van der Waals surface area (Å²) in [5, 5.41) is 8.50. The monoisotopic (exact) mass is 713 g/mol. The van der Waals surface area contributed by atoms with Gasteiger partial charge in [-0.05, 0) is 89.4 Å². The van der Waals surface area contributed by atoms with Gasteiger partial charge in [0.15, 0.2) is 11.6 Å². The first-order valence-corrected chi connectivity index (χ1v) is 17.2. The van der Waals surface area contributed by atoms with Gasteiger partial charge < -0.3 is 33.9 Å². The summed E-state index contributed by atoms with van der Waals surface area (Å²) in [5.41, 5.74) is -0.262. The van der Waals surface area contributed by atoms with Crippen molar-refractivity contribution in [1.82, 2.24) is 19.7 Å². The number of hydrogen-bond acceptors (Lipinski definition) is 13. The zero-order valence-corrected chi connectivity index (χ0v) is 30.6. The number of fused-ring (bicyclic) bond motifs is 3. The van der Waals surface area contributed by atoms with Crippen LogP contribution < -0.4 is 24.6 Å². The second-order valence-electron chi connectivity index (χ2n) is 15.1. The van der Waals surface area contributed by atoms with Crippen LogP contribution in [-0.2, 0) is 24.4 Å². The third-order valence-corrected chi connectivity index (χ3v) is 9.21. The van der Waals surface area contributed by atoms with Crippen LogP contribution in [0, 0.1) is 0 Å². The standard InChI is InChI=1S/C37H43N7O8/c1-35(2,3)51-33(46)43-26-12-10-22(48-7)18-24(26)37(32(43)45)19-25(37)21-9-11-23-27(17-21)44(34(47)52-36(4,5)6)41-29(23)40-30-31(49-8)38-20-28(39-30)42-13-15-50-16-14-42/h9-12,17-18,20,25H,13-16,19H2,1-8H3,(H,39,40,41)/t25-,37-/m0/s1. The number of carbonyl (C=O) groups is 3. The van der Waals surface area contributed by atoms with Gasteiger partial charge in [-0.2, -0.15) is 4.68 Å². The van der Waals surface area contributed by atoms with Gasteiger partial charge in [0.05, 0.1) is 50.2 Å². The molecule has 0 radical (unpaired) electrons. The third-order valence-electron chi connectivity index (χ3n) is 9.21. The molecule has 2 atom stereocenters. The van der Waals surface area contributed by atoms with Crippen LogP contribution in [0.5, 0.6) is 11.6 Å². The minimum Gasteiger partial charge on any atom is -0.497 e. The molecule has 1 N–H and O–H groups in total. The van der Waals surface area contributed by atoms with Crippen LogP contribution in [0.15, 0.2) is 42.6 Å². The highest BCUT2D eigenvalue weighted by Crippen LogP contribution is 2.67. The van der Waals surface area contributed by atoms with Crippen LogP contribution >= 0.6 is 0 Å². The van der Waals surface area contributed by atoms with Gasteiger partial charge in [0.1, 0.15) is 22.8 Å². The van der Waals surface area contributed by atoms with E-state index >= 15 is 0 Å². The largest absolute Gasteiger partial charge is 0.497 e. The molecule has 2 aliphatic heterocycles. The molecule has 15 heteroatoms. The quantitative estimate of drug-likeness (QED) is 0.251. The third kappa shape index (κ3) is 6.22. The number of methoxy groups -OCH3 is 2. The summed E-state index contributed by atoms with van der Waals surface area (Å²) in [6.45, 7) is 13.1. The van der Waals surface area contributed by atoms with Crippen molar-refractivity contribution in [2.24, 2.45) is 0 Å². The van der Waals surface area contributed by atoms with Gasteiger partial charge in [-0.15, -0.1) is 5.10 Å². The highest BCUT2D eigenvalue weighted by Gasteiger charge is 2.68. The molecule has 0 unspecified atom stereocenters. The van der Waals surface area contributed by atoms with E-state index < -0.39 is 28.8 Å². The number of aromatic nitrogens is 4. The Hall–Kier alpha value is -5.44. The van der Waals surface area contributed by atoms with Crippen molar-refractivity contribution in [2.45, 2.75) is 70.5 Å². The number of hydrogen-bond donors (Lipinski definition) is 1. The van der Waals surface area contributed by atoms with E-state index in [1.54, 1.807) is 67.0 Å². The molecule has 1 saturated carbocycles. The van der Waals surface area contributed by atoms with Gasteiger partial charge in [-0.25, -0.2) is 24.5 Å². The van der Waals surface area contributed by atoms with E-state index in [0.29, 0.717) is 78.1 Å². The smallest absolute Gasteiger partial charge is 0.435 e. The summed E-state index contributed by atoms with van der Waals surface area (Å²) in [4.78, 5) is 53.8. The van der Waals surface area contributed by atoms with Crippen molar-refractivity contribution in [3.8, 4) is 11.6 Å². The number of anilines is 4. The summed E-state index contributed by atoms with van der Waals surface area (Å²) < 4.78 is 29.2. The molecular weight excluding hydrogens is 670 g/mol. The molecule has 2 aromatic carbocycles. The minimum atomic E-state index is -1.03. The highest BCUT2D eigenvalue weighted by atomic mass is 16.6. The number of ether oxygens (including phenoxy) is 5. The fraction of sp³-hybridized carbons (Fsp3) is 0.459.